The van der Waals surface area contributed by atoms with Crippen molar-refractivity contribution in [2.24, 2.45) is 0 Å². The zero-order valence-electron chi connectivity index (χ0n) is 17.3. The molecule has 0 spiro atoms. The molecular weight excluding hydrogens is 396 g/mol. The van der Waals surface area contributed by atoms with Crippen LogP contribution in [0.15, 0.2) is 66.4 Å². The summed E-state index contributed by atoms with van der Waals surface area (Å²) < 4.78 is 21.7. The molecule has 0 atom stereocenters. The summed E-state index contributed by atoms with van der Waals surface area (Å²) in [7, 11) is 3.10. The summed E-state index contributed by atoms with van der Waals surface area (Å²) in [6, 6.07) is 17.1. The van der Waals surface area contributed by atoms with Crippen LogP contribution in [0.1, 0.15) is 31.8 Å². The Morgan fingerprint density at radius 2 is 1.65 bits per heavy atom. The number of fused-ring (bicyclic) bond motifs is 1. The lowest BCUT2D eigenvalue weighted by molar-refractivity contribution is 0.0734. The number of benzene rings is 3. The predicted molar refractivity (Wildman–Crippen MR) is 115 cm³/mol. The van der Waals surface area contributed by atoms with Crippen molar-refractivity contribution in [3.05, 3.63) is 88.7 Å². The molecule has 0 bridgehead atoms. The molecule has 6 nitrogen and oxygen atoms in total. The number of hydrogen-bond acceptors (Lipinski definition) is 6. The molecule has 3 aromatic rings. The molecule has 0 unspecified atom stereocenters. The molecule has 0 amide bonds. The van der Waals surface area contributed by atoms with Gasteiger partial charge in [0.25, 0.3) is 0 Å². The van der Waals surface area contributed by atoms with Crippen LogP contribution >= 0.6 is 0 Å². The highest BCUT2D eigenvalue weighted by Crippen LogP contribution is 2.36. The highest BCUT2D eigenvalue weighted by molar-refractivity contribution is 6.14. The zero-order chi connectivity index (χ0) is 22.0. The average Bonchev–Trinajstić information content (AvgIpc) is 3.08. The van der Waals surface area contributed by atoms with Gasteiger partial charge in [0.05, 0.1) is 25.3 Å². The van der Waals surface area contributed by atoms with Crippen LogP contribution in [0.3, 0.4) is 0 Å². The van der Waals surface area contributed by atoms with E-state index < -0.39 is 5.97 Å². The molecule has 0 aliphatic carbocycles. The van der Waals surface area contributed by atoms with Crippen LogP contribution in [0.25, 0.3) is 6.08 Å². The molecule has 0 fully saturated rings. The van der Waals surface area contributed by atoms with Crippen molar-refractivity contribution in [3.63, 3.8) is 0 Å². The van der Waals surface area contributed by atoms with Crippen LogP contribution in [-0.4, -0.2) is 26.0 Å². The van der Waals surface area contributed by atoms with Crippen molar-refractivity contribution >= 4 is 17.8 Å². The maximum absolute atomic E-state index is 12.7. The van der Waals surface area contributed by atoms with Gasteiger partial charge in [0.2, 0.25) is 5.78 Å². The Morgan fingerprint density at radius 1 is 0.903 bits per heavy atom. The van der Waals surface area contributed by atoms with Crippen LogP contribution in [0, 0.1) is 6.92 Å². The largest absolute Gasteiger partial charge is 0.493 e. The number of carbonyl (C=O) groups is 2. The molecule has 3 aromatic carbocycles. The van der Waals surface area contributed by atoms with Crippen LogP contribution in [-0.2, 0) is 0 Å². The molecule has 0 N–H and O–H groups in total. The number of hydrogen-bond donors (Lipinski definition) is 0. The lowest BCUT2D eigenvalue weighted by Crippen LogP contribution is -2.08. The van der Waals surface area contributed by atoms with E-state index in [1.165, 1.54) is 6.07 Å². The van der Waals surface area contributed by atoms with E-state index in [2.05, 4.69) is 0 Å². The van der Waals surface area contributed by atoms with Gasteiger partial charge in [-0.2, -0.15) is 0 Å². The van der Waals surface area contributed by atoms with Crippen molar-refractivity contribution in [3.8, 4) is 23.0 Å². The fraction of sp³-hybridized carbons (Fsp3) is 0.120. The number of methoxy groups -OCH3 is 2. The minimum atomic E-state index is -0.481. The quantitative estimate of drug-likeness (QED) is 0.336. The minimum absolute atomic E-state index is 0.171. The fourth-order valence-electron chi connectivity index (χ4n) is 3.18. The van der Waals surface area contributed by atoms with E-state index in [0.29, 0.717) is 34.1 Å². The number of allylic oxidation sites excluding steroid dienone is 1. The van der Waals surface area contributed by atoms with E-state index in [9.17, 15) is 9.59 Å². The molecule has 0 saturated carbocycles. The summed E-state index contributed by atoms with van der Waals surface area (Å²) in [5.41, 5.74) is 2.62. The first-order valence-electron chi connectivity index (χ1n) is 9.57. The van der Waals surface area contributed by atoms with Crippen LogP contribution in [0.2, 0.25) is 0 Å². The lowest BCUT2D eigenvalue weighted by Gasteiger charge is -2.08. The van der Waals surface area contributed by atoms with Gasteiger partial charge in [-0.25, -0.2) is 4.79 Å². The number of carbonyl (C=O) groups excluding carboxylic acids is 2. The van der Waals surface area contributed by atoms with Crippen molar-refractivity contribution in [2.45, 2.75) is 6.92 Å². The molecule has 0 saturated heterocycles. The van der Waals surface area contributed by atoms with Crippen molar-refractivity contribution < 1.29 is 28.5 Å². The summed E-state index contributed by atoms with van der Waals surface area (Å²) >= 11 is 0. The third-order valence-electron chi connectivity index (χ3n) is 4.84. The number of rotatable bonds is 5. The molecule has 0 aromatic heterocycles. The molecule has 1 aliphatic heterocycles. The maximum atomic E-state index is 12.7. The first-order valence-corrected chi connectivity index (χ1v) is 9.57. The fourth-order valence-corrected chi connectivity index (χ4v) is 3.18. The zero-order valence-corrected chi connectivity index (χ0v) is 17.3. The topological polar surface area (TPSA) is 71.1 Å². The summed E-state index contributed by atoms with van der Waals surface area (Å²) in [5, 5.41) is 0. The summed E-state index contributed by atoms with van der Waals surface area (Å²) in [5.74, 6) is 1.21. The van der Waals surface area contributed by atoms with E-state index in [1.807, 2.05) is 19.1 Å². The van der Waals surface area contributed by atoms with Crippen molar-refractivity contribution in [2.75, 3.05) is 14.2 Å². The highest BCUT2D eigenvalue weighted by Gasteiger charge is 2.28. The first-order chi connectivity index (χ1) is 15.0. The van der Waals surface area contributed by atoms with E-state index in [-0.39, 0.29) is 11.5 Å². The third-order valence-corrected chi connectivity index (χ3v) is 4.84. The van der Waals surface area contributed by atoms with Gasteiger partial charge in [-0.15, -0.1) is 0 Å². The number of ether oxygens (including phenoxy) is 4. The normalized spacial score (nSPS) is 13.5. The van der Waals surface area contributed by atoms with Crippen molar-refractivity contribution in [1.82, 2.24) is 0 Å². The van der Waals surface area contributed by atoms with Gasteiger partial charge >= 0.3 is 5.97 Å². The Bertz CT molecular complexity index is 1190. The summed E-state index contributed by atoms with van der Waals surface area (Å²) in [6.07, 6.45) is 1.63. The van der Waals surface area contributed by atoms with Gasteiger partial charge in [0.1, 0.15) is 11.5 Å². The maximum Gasteiger partial charge on any atom is 0.343 e. The van der Waals surface area contributed by atoms with Crippen LogP contribution < -0.4 is 18.9 Å². The Hall–Kier alpha value is -4.06. The minimum Gasteiger partial charge on any atom is -0.493 e. The third kappa shape index (κ3) is 4.14. The van der Waals surface area contributed by atoms with E-state index in [1.54, 1.807) is 62.8 Å². The molecule has 4 rings (SSSR count). The summed E-state index contributed by atoms with van der Waals surface area (Å²) in [6.45, 7) is 1.94. The monoisotopic (exact) mass is 416 g/mol. The molecule has 31 heavy (non-hydrogen) atoms. The molecule has 6 heteroatoms. The molecule has 1 heterocycles. The number of aryl methyl sites for hydroxylation is 1. The van der Waals surface area contributed by atoms with Crippen LogP contribution in [0.5, 0.6) is 23.0 Å². The molecule has 0 radical (unpaired) electrons. The Morgan fingerprint density at radius 3 is 2.35 bits per heavy atom. The Kier molecular flexibility index (Phi) is 5.45. The van der Waals surface area contributed by atoms with E-state index in [0.717, 1.165) is 11.1 Å². The average molecular weight is 416 g/mol. The molecule has 1 aliphatic rings. The van der Waals surface area contributed by atoms with E-state index in [4.69, 9.17) is 18.9 Å². The number of Topliss-reactive ketones (excluding diaryl/α,β-unsaturated/α-hetero) is 1. The standard InChI is InChI=1S/C25H20O6/c1-15-4-7-17(8-5-15)25(27)30-18-9-10-19-21(14-18)31-23(24(19)26)13-16-6-11-20(28-2)22(12-16)29-3/h4-14H,1-3H3/b23-13-. The molecule has 156 valence electrons. The SMILES string of the molecule is COc1ccc(/C=C2\Oc3cc(OC(=O)c4ccc(C)cc4)ccc3C2=O)cc1OC. The highest BCUT2D eigenvalue weighted by atomic mass is 16.5. The van der Waals surface area contributed by atoms with Crippen LogP contribution in [0.4, 0.5) is 0 Å². The lowest BCUT2D eigenvalue weighted by atomic mass is 10.1. The summed E-state index contributed by atoms with van der Waals surface area (Å²) in [4.78, 5) is 25.1. The first kappa shape index (κ1) is 20.2. The van der Waals surface area contributed by atoms with Gasteiger partial charge in [0.15, 0.2) is 17.3 Å². The van der Waals surface area contributed by atoms with Crippen molar-refractivity contribution in [1.29, 1.82) is 0 Å². The Labute approximate surface area is 179 Å². The number of esters is 1. The second-order valence-electron chi connectivity index (χ2n) is 6.97. The van der Waals surface area contributed by atoms with Gasteiger partial charge in [0, 0.05) is 6.07 Å². The van der Waals surface area contributed by atoms with Gasteiger partial charge in [-0.05, 0) is 55.0 Å². The van der Waals surface area contributed by atoms with Gasteiger partial charge < -0.3 is 18.9 Å². The number of ketones is 1. The predicted octanol–water partition coefficient (Wildman–Crippen LogP) is 4.85. The van der Waals surface area contributed by atoms with E-state index >= 15 is 0 Å². The van der Waals surface area contributed by atoms with Gasteiger partial charge in [-0.3, -0.25) is 4.79 Å². The second-order valence-corrected chi connectivity index (χ2v) is 6.97. The Balaban J connectivity index is 1.55. The van der Waals surface area contributed by atoms with Gasteiger partial charge in [-0.1, -0.05) is 23.8 Å². The second kappa shape index (κ2) is 8.36. The molecular formula is C25H20O6. The smallest absolute Gasteiger partial charge is 0.343 e.